The van der Waals surface area contributed by atoms with Gasteiger partial charge < -0.3 is 15.3 Å². The number of aliphatic hydroxyl groups excluding tert-OH is 1. The minimum Gasteiger partial charge on any atom is -0.394 e. The third-order valence-electron chi connectivity index (χ3n) is 3.32. The Labute approximate surface area is 132 Å². The number of amides is 2. The van der Waals surface area contributed by atoms with Gasteiger partial charge in [0, 0.05) is 13.1 Å². The lowest BCUT2D eigenvalue weighted by Crippen LogP contribution is -2.51. The highest BCUT2D eigenvalue weighted by molar-refractivity contribution is 5.88. The number of carbonyl (C=O) groups excluding carboxylic acids is 2. The number of nitrogens with one attached hydrogen (secondary N) is 1. The zero-order chi connectivity index (χ0) is 16.4. The summed E-state index contributed by atoms with van der Waals surface area (Å²) in [5.41, 5.74) is 0.878. The molecule has 0 aromatic heterocycles. The van der Waals surface area contributed by atoms with Gasteiger partial charge in [-0.15, -0.1) is 0 Å². The smallest absolute Gasteiger partial charge is 0.247 e. The molecule has 0 aliphatic rings. The molecule has 0 spiro atoms. The highest BCUT2D eigenvalue weighted by Crippen LogP contribution is 2.02. The molecular formula is C17H26N2O3. The van der Waals surface area contributed by atoms with E-state index in [9.17, 15) is 14.7 Å². The first-order chi connectivity index (χ1) is 10.6. The topological polar surface area (TPSA) is 69.6 Å². The lowest BCUT2D eigenvalue weighted by molar-refractivity contribution is -0.137. The van der Waals surface area contributed by atoms with Gasteiger partial charge in [0.1, 0.15) is 6.04 Å². The van der Waals surface area contributed by atoms with Gasteiger partial charge in [0.25, 0.3) is 0 Å². The Hall–Kier alpha value is -1.88. The molecular weight excluding hydrogens is 280 g/mol. The molecule has 0 fully saturated rings. The summed E-state index contributed by atoms with van der Waals surface area (Å²) in [5, 5.41) is 12.1. The number of nitrogens with zero attached hydrogens (tertiary/aromatic N) is 1. The average Bonchev–Trinajstić information content (AvgIpc) is 2.52. The molecule has 0 aliphatic heterocycles. The zero-order valence-electron chi connectivity index (χ0n) is 13.4. The molecule has 1 aromatic carbocycles. The van der Waals surface area contributed by atoms with Crippen LogP contribution in [0.1, 0.15) is 32.3 Å². The Balaban J connectivity index is 2.62. The normalized spacial score (nSPS) is 11.8. The van der Waals surface area contributed by atoms with Crippen molar-refractivity contribution in [1.82, 2.24) is 10.2 Å². The summed E-state index contributed by atoms with van der Waals surface area (Å²) in [5.74, 6) is -0.473. The van der Waals surface area contributed by atoms with Crippen LogP contribution >= 0.6 is 0 Å². The fourth-order valence-corrected chi connectivity index (χ4v) is 2.30. The van der Waals surface area contributed by atoms with Crippen molar-refractivity contribution in [3.63, 3.8) is 0 Å². The lowest BCUT2D eigenvalue weighted by Gasteiger charge is -2.26. The summed E-state index contributed by atoms with van der Waals surface area (Å²) in [6, 6.07) is 8.46. The van der Waals surface area contributed by atoms with Crippen LogP contribution in [0.4, 0.5) is 0 Å². The van der Waals surface area contributed by atoms with E-state index in [1.807, 2.05) is 44.2 Å². The summed E-state index contributed by atoms with van der Waals surface area (Å²) in [4.78, 5) is 26.1. The van der Waals surface area contributed by atoms with Gasteiger partial charge in [-0.05, 0) is 18.4 Å². The maximum absolute atomic E-state index is 12.4. The van der Waals surface area contributed by atoms with Gasteiger partial charge in [-0.3, -0.25) is 9.59 Å². The number of benzene rings is 1. The van der Waals surface area contributed by atoms with Crippen LogP contribution in [0.2, 0.25) is 0 Å². The first kappa shape index (κ1) is 18.2. The Morgan fingerprint density at radius 2 is 1.73 bits per heavy atom. The van der Waals surface area contributed by atoms with Gasteiger partial charge in [-0.2, -0.15) is 0 Å². The van der Waals surface area contributed by atoms with Crippen LogP contribution in [0.3, 0.4) is 0 Å². The maximum Gasteiger partial charge on any atom is 0.247 e. The Morgan fingerprint density at radius 1 is 1.14 bits per heavy atom. The van der Waals surface area contributed by atoms with Crippen molar-refractivity contribution in [1.29, 1.82) is 0 Å². The first-order valence-corrected chi connectivity index (χ1v) is 7.85. The zero-order valence-corrected chi connectivity index (χ0v) is 13.4. The van der Waals surface area contributed by atoms with E-state index >= 15 is 0 Å². The molecule has 2 N–H and O–H groups in total. The van der Waals surface area contributed by atoms with Crippen molar-refractivity contribution in [3.8, 4) is 0 Å². The lowest BCUT2D eigenvalue weighted by atomic mass is 10.1. The first-order valence-electron chi connectivity index (χ1n) is 7.85. The molecule has 5 heteroatoms. The number of carbonyl (C=O) groups is 2. The summed E-state index contributed by atoms with van der Waals surface area (Å²) >= 11 is 0. The molecule has 2 amide bonds. The highest BCUT2D eigenvalue weighted by Gasteiger charge is 2.24. The molecule has 0 saturated heterocycles. The molecule has 5 nitrogen and oxygen atoms in total. The van der Waals surface area contributed by atoms with E-state index in [2.05, 4.69) is 5.32 Å². The molecule has 0 aliphatic carbocycles. The second-order valence-corrected chi connectivity index (χ2v) is 5.29. The van der Waals surface area contributed by atoms with Gasteiger partial charge in [0.2, 0.25) is 11.8 Å². The Kier molecular flexibility index (Phi) is 8.22. The standard InChI is InChI=1S/C17H26N2O3/c1-3-10-19(11-4-2)17(22)15(13-20)18-16(21)12-14-8-6-5-7-9-14/h5-9,15,20H,3-4,10-13H2,1-2H3,(H,18,21). The third-order valence-corrected chi connectivity index (χ3v) is 3.32. The van der Waals surface area contributed by atoms with Crippen LogP contribution in [0.15, 0.2) is 30.3 Å². The molecule has 0 heterocycles. The van der Waals surface area contributed by atoms with E-state index in [4.69, 9.17) is 0 Å². The molecule has 22 heavy (non-hydrogen) atoms. The quantitative estimate of drug-likeness (QED) is 0.723. The van der Waals surface area contributed by atoms with Crippen LogP contribution in [-0.2, 0) is 16.0 Å². The van der Waals surface area contributed by atoms with Crippen LogP contribution in [0.5, 0.6) is 0 Å². The highest BCUT2D eigenvalue weighted by atomic mass is 16.3. The summed E-state index contributed by atoms with van der Waals surface area (Å²) in [6.45, 7) is 4.88. The van der Waals surface area contributed by atoms with Gasteiger partial charge in [0.05, 0.1) is 13.0 Å². The van der Waals surface area contributed by atoms with Crippen molar-refractivity contribution in [2.75, 3.05) is 19.7 Å². The molecule has 1 rings (SSSR count). The molecule has 0 bridgehead atoms. The van der Waals surface area contributed by atoms with Crippen molar-refractivity contribution in [2.24, 2.45) is 0 Å². The fraction of sp³-hybridized carbons (Fsp3) is 0.529. The third kappa shape index (κ3) is 5.85. The summed E-state index contributed by atoms with van der Waals surface area (Å²) in [7, 11) is 0. The van der Waals surface area contributed by atoms with Crippen molar-refractivity contribution >= 4 is 11.8 Å². The second kappa shape index (κ2) is 9.95. The Morgan fingerprint density at radius 3 is 2.23 bits per heavy atom. The van der Waals surface area contributed by atoms with E-state index in [0.717, 1.165) is 18.4 Å². The molecule has 0 radical (unpaired) electrons. The Bertz CT molecular complexity index is 456. The number of rotatable bonds is 9. The minimum absolute atomic E-state index is 0.201. The fourth-order valence-electron chi connectivity index (χ4n) is 2.30. The van der Waals surface area contributed by atoms with Crippen molar-refractivity contribution in [3.05, 3.63) is 35.9 Å². The average molecular weight is 306 g/mol. The number of hydrogen-bond acceptors (Lipinski definition) is 3. The maximum atomic E-state index is 12.4. The van der Waals surface area contributed by atoms with Crippen LogP contribution in [-0.4, -0.2) is 47.6 Å². The van der Waals surface area contributed by atoms with Crippen molar-refractivity contribution in [2.45, 2.75) is 39.2 Å². The van der Waals surface area contributed by atoms with Crippen LogP contribution in [0.25, 0.3) is 0 Å². The van der Waals surface area contributed by atoms with Crippen LogP contribution in [0, 0.1) is 0 Å². The van der Waals surface area contributed by atoms with Gasteiger partial charge in [0.15, 0.2) is 0 Å². The van der Waals surface area contributed by atoms with Gasteiger partial charge >= 0.3 is 0 Å². The predicted octanol–water partition coefficient (Wildman–Crippen LogP) is 1.35. The molecule has 122 valence electrons. The van der Waals surface area contributed by atoms with E-state index in [1.54, 1.807) is 4.90 Å². The van der Waals surface area contributed by atoms with Gasteiger partial charge in [-0.1, -0.05) is 44.2 Å². The number of aliphatic hydroxyl groups is 1. The largest absolute Gasteiger partial charge is 0.394 e. The molecule has 1 atom stereocenters. The molecule has 1 unspecified atom stereocenters. The SMILES string of the molecule is CCCN(CCC)C(=O)C(CO)NC(=O)Cc1ccccc1. The minimum atomic E-state index is -0.866. The molecule has 1 aromatic rings. The second-order valence-electron chi connectivity index (χ2n) is 5.29. The van der Waals surface area contributed by atoms with E-state index < -0.39 is 6.04 Å². The van der Waals surface area contributed by atoms with Crippen LogP contribution < -0.4 is 5.32 Å². The van der Waals surface area contributed by atoms with E-state index in [0.29, 0.717) is 13.1 Å². The molecule has 0 saturated carbocycles. The van der Waals surface area contributed by atoms with E-state index in [1.165, 1.54) is 0 Å². The van der Waals surface area contributed by atoms with Crippen molar-refractivity contribution < 1.29 is 14.7 Å². The monoisotopic (exact) mass is 306 g/mol. The number of hydrogen-bond donors (Lipinski definition) is 2. The summed E-state index contributed by atoms with van der Waals surface area (Å²) in [6.07, 6.45) is 1.90. The van der Waals surface area contributed by atoms with E-state index in [-0.39, 0.29) is 24.8 Å². The summed E-state index contributed by atoms with van der Waals surface area (Å²) < 4.78 is 0. The van der Waals surface area contributed by atoms with Gasteiger partial charge in [-0.25, -0.2) is 0 Å². The predicted molar refractivity (Wildman–Crippen MR) is 86.3 cm³/mol.